The molecular weight excluding hydrogens is 362 g/mol. The van der Waals surface area contributed by atoms with Gasteiger partial charge in [-0.1, -0.05) is 0 Å². The molecule has 1 atom stereocenters. The number of likely N-dealkylation sites (N-methyl/N-ethyl adjacent to an activating group) is 1. The fourth-order valence-corrected chi connectivity index (χ4v) is 2.56. The maximum Gasteiger partial charge on any atom is 0.338 e. The first-order valence-corrected chi connectivity index (χ1v) is 9.49. The molecule has 0 saturated carbocycles. The molecule has 156 valence electrons. The van der Waals surface area contributed by atoms with Crippen molar-refractivity contribution in [2.45, 2.75) is 59.1 Å². The van der Waals surface area contributed by atoms with E-state index in [9.17, 15) is 14.4 Å². The summed E-state index contributed by atoms with van der Waals surface area (Å²) in [5.74, 6) is -1.36. The lowest BCUT2D eigenvalue weighted by atomic mass is 9.99. The maximum atomic E-state index is 12.3. The van der Waals surface area contributed by atoms with E-state index < -0.39 is 23.6 Å². The van der Waals surface area contributed by atoms with Crippen LogP contribution in [0.25, 0.3) is 0 Å². The highest BCUT2D eigenvalue weighted by Crippen LogP contribution is 2.17. The Kier molecular flexibility index (Phi) is 9.12. The quantitative estimate of drug-likeness (QED) is 0.509. The molecule has 1 unspecified atom stereocenters. The summed E-state index contributed by atoms with van der Waals surface area (Å²) in [6.07, 6.45) is 0.907. The van der Waals surface area contributed by atoms with Gasteiger partial charge >= 0.3 is 17.9 Å². The van der Waals surface area contributed by atoms with E-state index in [2.05, 4.69) is 5.32 Å². The number of hydrogen-bond donors (Lipinski definition) is 1. The maximum absolute atomic E-state index is 12.3. The first-order chi connectivity index (χ1) is 13.1. The second-order valence-corrected chi connectivity index (χ2v) is 7.27. The molecule has 0 spiro atoms. The van der Waals surface area contributed by atoms with Gasteiger partial charge in [-0.05, 0) is 78.3 Å². The zero-order chi connectivity index (χ0) is 21.3. The second kappa shape index (κ2) is 10.8. The number of carbonyl (C=O) groups excluding carboxylic acids is 3. The molecule has 0 heterocycles. The highest BCUT2D eigenvalue weighted by molar-refractivity contribution is 5.95. The number of ether oxygens (including phenoxy) is 3. The SMILES string of the molecule is CCOC(=O)c1cc(CCC(NC)C(=O)OC(C)(C)C)cc(C(=O)OCC)c1. The molecule has 0 aromatic heterocycles. The van der Waals surface area contributed by atoms with Gasteiger partial charge in [-0.2, -0.15) is 0 Å². The third-order valence-electron chi connectivity index (χ3n) is 3.78. The van der Waals surface area contributed by atoms with E-state index in [1.165, 1.54) is 6.07 Å². The van der Waals surface area contributed by atoms with Crippen LogP contribution in [0.15, 0.2) is 18.2 Å². The average molecular weight is 393 g/mol. The molecule has 0 aliphatic heterocycles. The molecule has 7 nitrogen and oxygen atoms in total. The van der Waals surface area contributed by atoms with Crippen molar-refractivity contribution in [3.8, 4) is 0 Å². The minimum atomic E-state index is -0.576. The van der Waals surface area contributed by atoms with Crippen molar-refractivity contribution in [3.63, 3.8) is 0 Å². The molecule has 0 radical (unpaired) electrons. The van der Waals surface area contributed by atoms with E-state index in [-0.39, 0.29) is 30.3 Å². The molecule has 28 heavy (non-hydrogen) atoms. The van der Waals surface area contributed by atoms with E-state index in [0.29, 0.717) is 12.8 Å². The number of aryl methyl sites for hydroxylation is 1. The number of hydrogen-bond acceptors (Lipinski definition) is 7. The van der Waals surface area contributed by atoms with Crippen molar-refractivity contribution >= 4 is 17.9 Å². The van der Waals surface area contributed by atoms with E-state index in [4.69, 9.17) is 14.2 Å². The lowest BCUT2D eigenvalue weighted by Gasteiger charge is -2.23. The van der Waals surface area contributed by atoms with Crippen LogP contribution in [0.3, 0.4) is 0 Å². The Morgan fingerprint density at radius 3 is 1.86 bits per heavy atom. The summed E-state index contributed by atoms with van der Waals surface area (Å²) in [6, 6.07) is 4.30. The van der Waals surface area contributed by atoms with Crippen LogP contribution in [0.5, 0.6) is 0 Å². The van der Waals surface area contributed by atoms with Gasteiger partial charge < -0.3 is 19.5 Å². The van der Waals surface area contributed by atoms with E-state index in [1.807, 2.05) is 20.8 Å². The molecule has 1 aromatic carbocycles. The van der Waals surface area contributed by atoms with Crippen molar-refractivity contribution < 1.29 is 28.6 Å². The Morgan fingerprint density at radius 2 is 1.46 bits per heavy atom. The van der Waals surface area contributed by atoms with Crippen molar-refractivity contribution in [2.24, 2.45) is 0 Å². The van der Waals surface area contributed by atoms with Crippen LogP contribution in [0, 0.1) is 0 Å². The summed E-state index contributed by atoms with van der Waals surface area (Å²) in [6.45, 7) is 9.33. The number of rotatable bonds is 9. The third-order valence-corrected chi connectivity index (χ3v) is 3.78. The van der Waals surface area contributed by atoms with Crippen LogP contribution in [-0.4, -0.2) is 49.8 Å². The van der Waals surface area contributed by atoms with Crippen molar-refractivity contribution in [1.82, 2.24) is 5.32 Å². The van der Waals surface area contributed by atoms with Crippen LogP contribution in [-0.2, 0) is 25.4 Å². The standard InChI is InChI=1S/C21H31NO6/c1-7-26-18(23)15-11-14(12-16(13-15)19(24)27-8-2)9-10-17(22-6)20(25)28-21(3,4)5/h11-13,17,22H,7-10H2,1-6H3. The molecular formula is C21H31NO6. The average Bonchev–Trinajstić information content (AvgIpc) is 2.61. The van der Waals surface area contributed by atoms with Crippen LogP contribution in [0.1, 0.15) is 67.3 Å². The number of carbonyl (C=O) groups is 3. The van der Waals surface area contributed by atoms with Gasteiger partial charge in [-0.15, -0.1) is 0 Å². The van der Waals surface area contributed by atoms with E-state index >= 15 is 0 Å². The monoisotopic (exact) mass is 393 g/mol. The molecule has 1 N–H and O–H groups in total. The van der Waals surface area contributed by atoms with Crippen LogP contribution >= 0.6 is 0 Å². The molecule has 0 fully saturated rings. The van der Waals surface area contributed by atoms with Gasteiger partial charge in [0.05, 0.1) is 24.3 Å². The Labute approximate surface area is 166 Å². The second-order valence-electron chi connectivity index (χ2n) is 7.27. The summed E-state index contributed by atoms with van der Waals surface area (Å²) in [7, 11) is 1.69. The number of esters is 3. The van der Waals surface area contributed by atoms with E-state index in [0.717, 1.165) is 5.56 Å². The molecule has 0 amide bonds. The summed E-state index contributed by atoms with van der Waals surface area (Å²) in [4.78, 5) is 36.6. The summed E-state index contributed by atoms with van der Waals surface area (Å²) < 4.78 is 15.5. The zero-order valence-corrected chi connectivity index (χ0v) is 17.6. The predicted octanol–water partition coefficient (Wildman–Crippen LogP) is 2.90. The van der Waals surface area contributed by atoms with Crippen LogP contribution in [0.4, 0.5) is 0 Å². The highest BCUT2D eigenvalue weighted by Gasteiger charge is 2.24. The lowest BCUT2D eigenvalue weighted by Crippen LogP contribution is -2.39. The minimum absolute atomic E-state index is 0.234. The third kappa shape index (κ3) is 7.68. The normalized spacial score (nSPS) is 12.2. The smallest absolute Gasteiger partial charge is 0.338 e. The van der Waals surface area contributed by atoms with Gasteiger partial charge in [-0.25, -0.2) is 9.59 Å². The molecule has 7 heteroatoms. The van der Waals surface area contributed by atoms with Crippen molar-refractivity contribution in [1.29, 1.82) is 0 Å². The Bertz CT molecular complexity index is 656. The highest BCUT2D eigenvalue weighted by atomic mass is 16.6. The van der Waals surface area contributed by atoms with Gasteiger partial charge in [-0.3, -0.25) is 4.79 Å². The largest absolute Gasteiger partial charge is 0.462 e. The molecule has 1 rings (SSSR count). The number of nitrogens with one attached hydrogen (secondary N) is 1. The molecule has 0 saturated heterocycles. The van der Waals surface area contributed by atoms with Crippen molar-refractivity contribution in [3.05, 3.63) is 34.9 Å². The van der Waals surface area contributed by atoms with Crippen LogP contribution in [0.2, 0.25) is 0 Å². The molecule has 0 bridgehead atoms. The van der Waals surface area contributed by atoms with E-state index in [1.54, 1.807) is 33.0 Å². The van der Waals surface area contributed by atoms with Gasteiger partial charge in [0.1, 0.15) is 11.6 Å². The summed E-state index contributed by atoms with van der Waals surface area (Å²) in [5, 5.41) is 2.95. The lowest BCUT2D eigenvalue weighted by molar-refractivity contribution is -0.157. The Morgan fingerprint density at radius 1 is 0.964 bits per heavy atom. The first kappa shape index (κ1) is 23.6. The van der Waals surface area contributed by atoms with Gasteiger partial charge in [0.25, 0.3) is 0 Å². The minimum Gasteiger partial charge on any atom is -0.462 e. The Hall–Kier alpha value is -2.41. The Balaban J connectivity index is 3.02. The van der Waals surface area contributed by atoms with Crippen molar-refractivity contribution in [2.75, 3.05) is 20.3 Å². The van der Waals surface area contributed by atoms with Gasteiger partial charge in [0.15, 0.2) is 0 Å². The fraction of sp³-hybridized carbons (Fsp3) is 0.571. The zero-order valence-electron chi connectivity index (χ0n) is 17.6. The fourth-order valence-electron chi connectivity index (χ4n) is 2.56. The first-order valence-electron chi connectivity index (χ1n) is 9.49. The molecule has 0 aliphatic rings. The summed E-state index contributed by atoms with van der Waals surface area (Å²) >= 11 is 0. The van der Waals surface area contributed by atoms with Crippen LogP contribution < -0.4 is 5.32 Å². The predicted molar refractivity (Wildman–Crippen MR) is 105 cm³/mol. The topological polar surface area (TPSA) is 90.9 Å². The molecule has 1 aromatic rings. The summed E-state index contributed by atoms with van der Waals surface area (Å²) in [5.41, 5.74) is 0.714. The molecule has 0 aliphatic carbocycles. The van der Waals surface area contributed by atoms with Gasteiger partial charge in [0, 0.05) is 0 Å². The van der Waals surface area contributed by atoms with Gasteiger partial charge in [0.2, 0.25) is 0 Å². The number of benzene rings is 1.